The predicted molar refractivity (Wildman–Crippen MR) is 79.7 cm³/mol. The lowest BCUT2D eigenvalue weighted by atomic mass is 9.68. The van der Waals surface area contributed by atoms with Gasteiger partial charge in [-0.15, -0.1) is 0 Å². The summed E-state index contributed by atoms with van der Waals surface area (Å²) in [6.45, 7) is 9.20. The Bertz CT molecular complexity index is 322. The smallest absolute Gasteiger partial charge is 0.330 e. The van der Waals surface area contributed by atoms with Gasteiger partial charge in [-0.2, -0.15) is 0 Å². The van der Waals surface area contributed by atoms with Crippen LogP contribution < -0.4 is 0 Å². The van der Waals surface area contributed by atoms with E-state index in [4.69, 9.17) is 10.2 Å². The van der Waals surface area contributed by atoms with Gasteiger partial charge in [0.2, 0.25) is 0 Å². The standard InChI is InChI=1S/C8H14.2C4H6O2/c1-2-5-8(4-1)6-3-7-8;2*1-3(2)4(5)6/h1-7H2;2*1H2,2H3,(H,5,6). The highest BCUT2D eigenvalue weighted by atomic mass is 16.4. The molecule has 2 rings (SSSR count). The van der Waals surface area contributed by atoms with Gasteiger partial charge in [0.25, 0.3) is 0 Å². The first-order valence-electron chi connectivity index (χ1n) is 6.98. The van der Waals surface area contributed by atoms with Gasteiger partial charge in [-0.1, -0.05) is 32.4 Å². The van der Waals surface area contributed by atoms with Crippen molar-refractivity contribution in [3.8, 4) is 0 Å². The second-order valence-electron chi connectivity index (χ2n) is 5.73. The molecule has 1 spiro atoms. The van der Waals surface area contributed by atoms with Crippen molar-refractivity contribution in [2.75, 3.05) is 0 Å². The number of carbonyl (C=O) groups is 2. The van der Waals surface area contributed by atoms with Gasteiger partial charge >= 0.3 is 11.9 Å². The van der Waals surface area contributed by atoms with E-state index < -0.39 is 11.9 Å². The molecule has 2 fully saturated rings. The van der Waals surface area contributed by atoms with Crippen molar-refractivity contribution in [2.45, 2.75) is 58.8 Å². The van der Waals surface area contributed by atoms with E-state index in [-0.39, 0.29) is 11.1 Å². The first kappa shape index (κ1) is 18.4. The number of rotatable bonds is 2. The van der Waals surface area contributed by atoms with E-state index in [1.165, 1.54) is 33.1 Å². The maximum absolute atomic E-state index is 9.60. The van der Waals surface area contributed by atoms with Gasteiger partial charge in [0.15, 0.2) is 0 Å². The quantitative estimate of drug-likeness (QED) is 0.750. The molecule has 0 radical (unpaired) electrons. The highest BCUT2D eigenvalue weighted by molar-refractivity contribution is 5.85. The molecule has 114 valence electrons. The summed E-state index contributed by atoms with van der Waals surface area (Å²) in [5, 5.41) is 15.8. The summed E-state index contributed by atoms with van der Waals surface area (Å²) in [5.41, 5.74) is 1.27. The monoisotopic (exact) mass is 282 g/mol. The zero-order chi connectivity index (χ0) is 15.8. The maximum atomic E-state index is 9.60. The largest absolute Gasteiger partial charge is 0.478 e. The Labute approximate surface area is 121 Å². The van der Waals surface area contributed by atoms with Gasteiger partial charge in [0.05, 0.1) is 0 Å². The molecule has 0 amide bonds. The van der Waals surface area contributed by atoms with Crippen LogP contribution in [0.3, 0.4) is 0 Å². The molecular weight excluding hydrogens is 256 g/mol. The van der Waals surface area contributed by atoms with Crippen LogP contribution in [-0.2, 0) is 9.59 Å². The summed E-state index contributed by atoms with van der Waals surface area (Å²) < 4.78 is 0. The lowest BCUT2D eigenvalue weighted by Gasteiger charge is -2.38. The second-order valence-corrected chi connectivity index (χ2v) is 5.73. The molecule has 0 aromatic heterocycles. The minimum absolute atomic E-state index is 0.176. The van der Waals surface area contributed by atoms with Gasteiger partial charge in [0.1, 0.15) is 0 Å². The summed E-state index contributed by atoms with van der Waals surface area (Å²) in [5.74, 6) is -1.87. The van der Waals surface area contributed by atoms with Crippen LogP contribution in [0.25, 0.3) is 0 Å². The lowest BCUT2D eigenvalue weighted by molar-refractivity contribution is -0.133. The van der Waals surface area contributed by atoms with Crippen molar-refractivity contribution in [1.82, 2.24) is 0 Å². The van der Waals surface area contributed by atoms with Crippen LogP contribution in [0.15, 0.2) is 24.3 Å². The molecule has 2 aliphatic carbocycles. The zero-order valence-corrected chi connectivity index (χ0v) is 12.6. The van der Waals surface area contributed by atoms with Crippen molar-refractivity contribution in [1.29, 1.82) is 0 Å². The van der Waals surface area contributed by atoms with E-state index in [1.807, 2.05) is 0 Å². The first-order chi connectivity index (χ1) is 9.20. The van der Waals surface area contributed by atoms with Gasteiger partial charge in [-0.25, -0.2) is 9.59 Å². The van der Waals surface area contributed by atoms with E-state index in [0.29, 0.717) is 0 Å². The molecule has 4 heteroatoms. The van der Waals surface area contributed by atoms with Crippen molar-refractivity contribution < 1.29 is 19.8 Å². The molecule has 2 aliphatic rings. The lowest BCUT2D eigenvalue weighted by Crippen LogP contribution is -2.24. The Morgan fingerprint density at radius 3 is 1.15 bits per heavy atom. The number of hydrogen-bond acceptors (Lipinski definition) is 2. The molecule has 0 saturated heterocycles. The Balaban J connectivity index is 0.000000278. The molecule has 0 aliphatic heterocycles. The molecule has 0 aromatic carbocycles. The highest BCUT2D eigenvalue weighted by Gasteiger charge is 2.38. The highest BCUT2D eigenvalue weighted by Crippen LogP contribution is 2.52. The van der Waals surface area contributed by atoms with E-state index in [1.54, 1.807) is 25.7 Å². The fourth-order valence-corrected chi connectivity index (χ4v) is 2.30. The van der Waals surface area contributed by atoms with Crippen molar-refractivity contribution in [3.05, 3.63) is 24.3 Å². The average Bonchev–Trinajstić information content (AvgIpc) is 2.79. The molecule has 0 atom stereocenters. The zero-order valence-electron chi connectivity index (χ0n) is 12.6. The fourth-order valence-electron chi connectivity index (χ4n) is 2.30. The molecule has 20 heavy (non-hydrogen) atoms. The van der Waals surface area contributed by atoms with Crippen LogP contribution in [0.4, 0.5) is 0 Å². The first-order valence-corrected chi connectivity index (χ1v) is 6.98. The molecule has 2 saturated carbocycles. The van der Waals surface area contributed by atoms with Crippen molar-refractivity contribution in [3.63, 3.8) is 0 Å². The maximum Gasteiger partial charge on any atom is 0.330 e. The normalized spacial score (nSPS) is 17.7. The van der Waals surface area contributed by atoms with E-state index in [0.717, 1.165) is 5.41 Å². The Morgan fingerprint density at radius 1 is 0.800 bits per heavy atom. The molecule has 0 heterocycles. The van der Waals surface area contributed by atoms with Crippen LogP contribution in [0.5, 0.6) is 0 Å². The Kier molecular flexibility index (Phi) is 7.89. The SMILES string of the molecule is C1CCC2(C1)CCC2.C=C(C)C(=O)O.C=C(C)C(=O)O. The molecular formula is C16H26O4. The van der Waals surface area contributed by atoms with E-state index in [2.05, 4.69) is 13.2 Å². The van der Waals surface area contributed by atoms with Crippen LogP contribution in [0.1, 0.15) is 58.8 Å². The van der Waals surface area contributed by atoms with Gasteiger partial charge < -0.3 is 10.2 Å². The summed E-state index contributed by atoms with van der Waals surface area (Å²) >= 11 is 0. The van der Waals surface area contributed by atoms with Crippen LogP contribution in [-0.4, -0.2) is 22.2 Å². The molecule has 0 unspecified atom stereocenters. The number of aliphatic carboxylic acids is 2. The molecule has 2 N–H and O–H groups in total. The Hall–Kier alpha value is -1.58. The Morgan fingerprint density at radius 2 is 1.05 bits per heavy atom. The number of carboxylic acid groups (broad SMARTS) is 2. The molecule has 0 bridgehead atoms. The summed E-state index contributed by atoms with van der Waals surface area (Å²) in [6.07, 6.45) is 10.8. The number of carboxylic acids is 2. The van der Waals surface area contributed by atoms with Crippen molar-refractivity contribution >= 4 is 11.9 Å². The van der Waals surface area contributed by atoms with Gasteiger partial charge in [-0.3, -0.25) is 0 Å². The third kappa shape index (κ3) is 7.12. The van der Waals surface area contributed by atoms with E-state index >= 15 is 0 Å². The predicted octanol–water partition coefficient (Wildman–Crippen LogP) is 4.02. The fraction of sp³-hybridized carbons (Fsp3) is 0.625. The third-order valence-electron chi connectivity index (χ3n) is 3.81. The molecule has 4 nitrogen and oxygen atoms in total. The van der Waals surface area contributed by atoms with Crippen LogP contribution in [0.2, 0.25) is 0 Å². The van der Waals surface area contributed by atoms with Crippen molar-refractivity contribution in [2.24, 2.45) is 5.41 Å². The van der Waals surface area contributed by atoms with Crippen LogP contribution in [0, 0.1) is 5.41 Å². The van der Waals surface area contributed by atoms with Crippen LogP contribution >= 0.6 is 0 Å². The summed E-state index contributed by atoms with van der Waals surface area (Å²) in [4.78, 5) is 19.2. The second kappa shape index (κ2) is 8.56. The topological polar surface area (TPSA) is 74.6 Å². The average molecular weight is 282 g/mol. The minimum atomic E-state index is -0.935. The third-order valence-corrected chi connectivity index (χ3v) is 3.81. The summed E-state index contributed by atoms with van der Waals surface area (Å²) in [7, 11) is 0. The van der Waals surface area contributed by atoms with Gasteiger partial charge in [0, 0.05) is 11.1 Å². The molecule has 0 aromatic rings. The number of hydrogen-bond donors (Lipinski definition) is 2. The van der Waals surface area contributed by atoms with E-state index in [9.17, 15) is 9.59 Å². The minimum Gasteiger partial charge on any atom is -0.478 e. The summed E-state index contributed by atoms with van der Waals surface area (Å²) in [6, 6.07) is 0. The van der Waals surface area contributed by atoms with Gasteiger partial charge in [-0.05, 0) is 44.9 Å².